The van der Waals surface area contributed by atoms with Gasteiger partial charge in [0, 0.05) is 18.9 Å². The minimum absolute atomic E-state index is 0.0468. The molecule has 1 aromatic rings. The first-order valence-corrected chi connectivity index (χ1v) is 6.80. The first kappa shape index (κ1) is 12.2. The SMILES string of the molecule is OC(CC1OCCc2ccccc21)C1CCOC1. The minimum Gasteiger partial charge on any atom is -0.393 e. The van der Waals surface area contributed by atoms with Crippen molar-refractivity contribution >= 4 is 0 Å². The number of rotatable bonds is 3. The van der Waals surface area contributed by atoms with Crippen LogP contribution < -0.4 is 0 Å². The van der Waals surface area contributed by atoms with Gasteiger partial charge in [-0.05, 0) is 24.0 Å². The molecule has 3 heteroatoms. The van der Waals surface area contributed by atoms with E-state index < -0.39 is 0 Å². The molecule has 18 heavy (non-hydrogen) atoms. The summed E-state index contributed by atoms with van der Waals surface area (Å²) in [6, 6.07) is 8.40. The second-order valence-corrected chi connectivity index (χ2v) is 5.23. The molecule has 3 atom stereocenters. The van der Waals surface area contributed by atoms with Crippen LogP contribution in [0.1, 0.15) is 30.1 Å². The van der Waals surface area contributed by atoms with Crippen molar-refractivity contribution in [3.63, 3.8) is 0 Å². The van der Waals surface area contributed by atoms with E-state index in [2.05, 4.69) is 18.2 Å². The van der Waals surface area contributed by atoms with Crippen molar-refractivity contribution in [2.75, 3.05) is 19.8 Å². The molecule has 3 nitrogen and oxygen atoms in total. The Labute approximate surface area is 108 Å². The molecule has 0 saturated carbocycles. The molecular weight excluding hydrogens is 228 g/mol. The maximum Gasteiger partial charge on any atom is 0.0852 e. The van der Waals surface area contributed by atoms with E-state index in [0.717, 1.165) is 26.1 Å². The topological polar surface area (TPSA) is 38.7 Å². The maximum atomic E-state index is 10.3. The average Bonchev–Trinajstić information content (AvgIpc) is 2.93. The lowest BCUT2D eigenvalue weighted by atomic mass is 9.90. The first-order valence-electron chi connectivity index (χ1n) is 6.80. The Kier molecular flexibility index (Phi) is 3.64. The molecule has 2 heterocycles. The Bertz CT molecular complexity index is 398. The summed E-state index contributed by atoms with van der Waals surface area (Å²) in [6.07, 6.45) is 2.37. The molecule has 1 saturated heterocycles. The van der Waals surface area contributed by atoms with Gasteiger partial charge in [-0.15, -0.1) is 0 Å². The monoisotopic (exact) mass is 248 g/mol. The normalized spacial score (nSPS) is 28.9. The van der Waals surface area contributed by atoms with Crippen LogP contribution in [0.3, 0.4) is 0 Å². The minimum atomic E-state index is -0.316. The van der Waals surface area contributed by atoms with Gasteiger partial charge in [-0.2, -0.15) is 0 Å². The fourth-order valence-corrected chi connectivity index (χ4v) is 2.94. The summed E-state index contributed by atoms with van der Waals surface area (Å²) in [5.74, 6) is 0.280. The van der Waals surface area contributed by atoms with Gasteiger partial charge in [0.25, 0.3) is 0 Å². The zero-order valence-corrected chi connectivity index (χ0v) is 10.5. The van der Waals surface area contributed by atoms with Gasteiger partial charge in [-0.25, -0.2) is 0 Å². The smallest absolute Gasteiger partial charge is 0.0852 e. The Morgan fingerprint density at radius 1 is 1.28 bits per heavy atom. The average molecular weight is 248 g/mol. The van der Waals surface area contributed by atoms with Crippen molar-refractivity contribution in [3.8, 4) is 0 Å². The first-order chi connectivity index (χ1) is 8.84. The molecule has 0 radical (unpaired) electrons. The Hall–Kier alpha value is -0.900. The van der Waals surface area contributed by atoms with Crippen LogP contribution in [-0.2, 0) is 15.9 Å². The summed E-state index contributed by atoms with van der Waals surface area (Å²) >= 11 is 0. The molecule has 1 aromatic carbocycles. The third kappa shape index (κ3) is 2.44. The number of aliphatic hydroxyl groups is 1. The summed E-state index contributed by atoms with van der Waals surface area (Å²) in [7, 11) is 0. The van der Waals surface area contributed by atoms with E-state index in [4.69, 9.17) is 9.47 Å². The number of hydrogen-bond donors (Lipinski definition) is 1. The van der Waals surface area contributed by atoms with Crippen LogP contribution >= 0.6 is 0 Å². The van der Waals surface area contributed by atoms with Gasteiger partial charge in [0.05, 0.1) is 25.4 Å². The van der Waals surface area contributed by atoms with Crippen molar-refractivity contribution in [1.82, 2.24) is 0 Å². The van der Waals surface area contributed by atoms with Crippen LogP contribution in [0.25, 0.3) is 0 Å². The third-order valence-electron chi connectivity index (χ3n) is 4.06. The number of fused-ring (bicyclic) bond motifs is 1. The van der Waals surface area contributed by atoms with Crippen molar-refractivity contribution in [2.45, 2.75) is 31.5 Å². The van der Waals surface area contributed by atoms with Crippen LogP contribution in [0.15, 0.2) is 24.3 Å². The summed E-state index contributed by atoms with van der Waals surface area (Å²) in [5.41, 5.74) is 2.62. The lowest BCUT2D eigenvalue weighted by Gasteiger charge is -2.29. The lowest BCUT2D eigenvalue weighted by molar-refractivity contribution is -0.0127. The summed E-state index contributed by atoms with van der Waals surface area (Å²) in [5, 5.41) is 10.3. The molecule has 0 amide bonds. The molecule has 0 bridgehead atoms. The fraction of sp³-hybridized carbons (Fsp3) is 0.600. The molecule has 1 fully saturated rings. The van der Waals surface area contributed by atoms with E-state index in [9.17, 15) is 5.11 Å². The van der Waals surface area contributed by atoms with Crippen LogP contribution in [-0.4, -0.2) is 31.0 Å². The molecule has 0 aromatic heterocycles. The fourth-order valence-electron chi connectivity index (χ4n) is 2.94. The van der Waals surface area contributed by atoms with Crippen LogP contribution in [0, 0.1) is 5.92 Å². The van der Waals surface area contributed by atoms with E-state index >= 15 is 0 Å². The zero-order chi connectivity index (χ0) is 12.4. The van der Waals surface area contributed by atoms with Crippen molar-refractivity contribution in [3.05, 3.63) is 35.4 Å². The van der Waals surface area contributed by atoms with Crippen LogP contribution in [0.5, 0.6) is 0 Å². The zero-order valence-electron chi connectivity index (χ0n) is 10.5. The molecule has 0 spiro atoms. The second-order valence-electron chi connectivity index (χ2n) is 5.23. The van der Waals surface area contributed by atoms with Gasteiger partial charge in [-0.3, -0.25) is 0 Å². The summed E-state index contributed by atoms with van der Waals surface area (Å²) in [4.78, 5) is 0. The van der Waals surface area contributed by atoms with Crippen molar-refractivity contribution in [1.29, 1.82) is 0 Å². The third-order valence-corrected chi connectivity index (χ3v) is 4.06. The molecule has 2 aliphatic rings. The largest absolute Gasteiger partial charge is 0.393 e. The summed E-state index contributed by atoms with van der Waals surface area (Å²) in [6.45, 7) is 2.23. The van der Waals surface area contributed by atoms with Gasteiger partial charge in [0.15, 0.2) is 0 Å². The molecule has 1 N–H and O–H groups in total. The van der Waals surface area contributed by atoms with Gasteiger partial charge in [-0.1, -0.05) is 24.3 Å². The Morgan fingerprint density at radius 2 is 2.17 bits per heavy atom. The van der Waals surface area contributed by atoms with Crippen LogP contribution in [0.4, 0.5) is 0 Å². The molecule has 98 valence electrons. The standard InChI is InChI=1S/C15H20O3/c16-14(12-5-7-17-10-12)9-15-13-4-2-1-3-11(13)6-8-18-15/h1-4,12,14-16H,5-10H2. The maximum absolute atomic E-state index is 10.3. The Morgan fingerprint density at radius 3 is 3.00 bits per heavy atom. The Balaban J connectivity index is 1.70. The van der Waals surface area contributed by atoms with Gasteiger partial charge in [0.1, 0.15) is 0 Å². The number of benzene rings is 1. The number of aliphatic hydroxyl groups excluding tert-OH is 1. The van der Waals surface area contributed by atoms with E-state index in [1.165, 1.54) is 11.1 Å². The van der Waals surface area contributed by atoms with E-state index in [1.807, 2.05) is 6.07 Å². The lowest BCUT2D eigenvalue weighted by Crippen LogP contribution is -2.26. The second kappa shape index (κ2) is 5.39. The highest BCUT2D eigenvalue weighted by atomic mass is 16.5. The number of ether oxygens (including phenoxy) is 2. The van der Waals surface area contributed by atoms with Crippen molar-refractivity contribution in [2.24, 2.45) is 5.92 Å². The molecular formula is C15H20O3. The molecule has 3 rings (SSSR count). The molecule has 2 aliphatic heterocycles. The highest BCUT2D eigenvalue weighted by molar-refractivity contribution is 5.30. The van der Waals surface area contributed by atoms with Gasteiger partial charge < -0.3 is 14.6 Å². The van der Waals surface area contributed by atoms with E-state index in [0.29, 0.717) is 13.0 Å². The quantitative estimate of drug-likeness (QED) is 0.890. The molecule has 0 aliphatic carbocycles. The van der Waals surface area contributed by atoms with Gasteiger partial charge >= 0.3 is 0 Å². The van der Waals surface area contributed by atoms with Crippen molar-refractivity contribution < 1.29 is 14.6 Å². The van der Waals surface area contributed by atoms with Gasteiger partial charge in [0.2, 0.25) is 0 Å². The highest BCUT2D eigenvalue weighted by Gasteiger charge is 2.29. The number of hydrogen-bond acceptors (Lipinski definition) is 3. The van der Waals surface area contributed by atoms with E-state index in [1.54, 1.807) is 0 Å². The highest BCUT2D eigenvalue weighted by Crippen LogP contribution is 2.33. The summed E-state index contributed by atoms with van der Waals surface area (Å²) < 4.78 is 11.2. The van der Waals surface area contributed by atoms with E-state index in [-0.39, 0.29) is 18.1 Å². The molecule has 3 unspecified atom stereocenters. The predicted octanol–water partition coefficient (Wildman–Crippen LogP) is 2.09. The predicted molar refractivity (Wildman–Crippen MR) is 68.4 cm³/mol. The van der Waals surface area contributed by atoms with Crippen LogP contribution in [0.2, 0.25) is 0 Å².